The average Bonchev–Trinajstić information content (AvgIpc) is 2.91. The van der Waals surface area contributed by atoms with Gasteiger partial charge in [0.15, 0.2) is 0 Å². The van der Waals surface area contributed by atoms with Gasteiger partial charge in [-0.3, -0.25) is 13.9 Å². The van der Waals surface area contributed by atoms with Crippen molar-refractivity contribution < 1.29 is 22.4 Å². The number of hydrogen-bond acceptors (Lipinski definition) is 4. The Labute approximate surface area is 241 Å². The molecule has 1 atom stereocenters. The molecule has 0 aliphatic carbocycles. The normalized spacial score (nSPS) is 12.2. The molecule has 0 aliphatic rings. The van der Waals surface area contributed by atoms with Crippen LogP contribution in [0.4, 0.5) is 10.1 Å². The zero-order valence-electron chi connectivity index (χ0n) is 23.1. The number of carbonyl (C=O) groups excluding carboxylic acids is 2. The van der Waals surface area contributed by atoms with Gasteiger partial charge >= 0.3 is 0 Å². The van der Waals surface area contributed by atoms with E-state index in [9.17, 15) is 22.4 Å². The van der Waals surface area contributed by atoms with E-state index in [2.05, 4.69) is 5.32 Å². The highest BCUT2D eigenvalue weighted by Gasteiger charge is 2.33. The molecular formula is C30H35ClFN3O4S. The number of nitrogens with zero attached hydrogens (tertiary/aromatic N) is 2. The highest BCUT2D eigenvalue weighted by atomic mass is 35.5. The maximum atomic E-state index is 14.0. The van der Waals surface area contributed by atoms with Crippen LogP contribution < -0.4 is 9.62 Å². The summed E-state index contributed by atoms with van der Waals surface area (Å²) >= 11 is 6.20. The summed E-state index contributed by atoms with van der Waals surface area (Å²) in [6.07, 6.45) is 0.290. The molecule has 0 spiro atoms. The second kappa shape index (κ2) is 13.8. The minimum atomic E-state index is -4.19. The largest absolute Gasteiger partial charge is 0.354 e. The minimum absolute atomic E-state index is 0.0117. The van der Waals surface area contributed by atoms with Crippen molar-refractivity contribution in [2.24, 2.45) is 5.92 Å². The van der Waals surface area contributed by atoms with E-state index in [0.717, 1.165) is 9.87 Å². The van der Waals surface area contributed by atoms with E-state index < -0.39 is 34.3 Å². The van der Waals surface area contributed by atoms with Gasteiger partial charge in [-0.25, -0.2) is 12.8 Å². The number of sulfonamides is 1. The van der Waals surface area contributed by atoms with Crippen LogP contribution in [0.25, 0.3) is 0 Å². The Morgan fingerprint density at radius 2 is 1.65 bits per heavy atom. The smallest absolute Gasteiger partial charge is 0.264 e. The van der Waals surface area contributed by atoms with E-state index in [0.29, 0.717) is 23.6 Å². The molecule has 0 saturated heterocycles. The molecule has 0 saturated carbocycles. The summed E-state index contributed by atoms with van der Waals surface area (Å²) < 4.78 is 42.3. The number of benzene rings is 3. The number of amides is 2. The second-order valence-electron chi connectivity index (χ2n) is 10.0. The maximum Gasteiger partial charge on any atom is 0.264 e. The Hall–Kier alpha value is -3.43. The highest BCUT2D eigenvalue weighted by molar-refractivity contribution is 7.92. The van der Waals surface area contributed by atoms with Crippen LogP contribution in [-0.4, -0.2) is 44.3 Å². The van der Waals surface area contributed by atoms with Crippen molar-refractivity contribution in [1.29, 1.82) is 0 Å². The van der Waals surface area contributed by atoms with E-state index >= 15 is 0 Å². The Morgan fingerprint density at radius 3 is 2.23 bits per heavy atom. The molecule has 3 aromatic carbocycles. The Morgan fingerprint density at radius 1 is 1.00 bits per heavy atom. The quantitative estimate of drug-likeness (QED) is 0.300. The molecule has 1 N–H and O–H groups in total. The van der Waals surface area contributed by atoms with Crippen LogP contribution >= 0.6 is 11.6 Å². The molecule has 0 radical (unpaired) electrons. The third-order valence-corrected chi connectivity index (χ3v) is 8.34. The first-order valence-electron chi connectivity index (χ1n) is 13.1. The predicted octanol–water partition coefficient (Wildman–Crippen LogP) is 5.56. The maximum absolute atomic E-state index is 14.0. The molecule has 0 unspecified atom stereocenters. The van der Waals surface area contributed by atoms with E-state index in [-0.39, 0.29) is 29.0 Å². The third-order valence-electron chi connectivity index (χ3n) is 6.32. The third kappa shape index (κ3) is 8.05. The van der Waals surface area contributed by atoms with Crippen molar-refractivity contribution in [3.05, 3.63) is 94.8 Å². The molecule has 40 heavy (non-hydrogen) atoms. The number of carbonyl (C=O) groups is 2. The summed E-state index contributed by atoms with van der Waals surface area (Å²) in [4.78, 5) is 28.6. The van der Waals surface area contributed by atoms with Crippen molar-refractivity contribution in [2.45, 2.75) is 51.6 Å². The van der Waals surface area contributed by atoms with Crippen molar-refractivity contribution >= 4 is 39.1 Å². The van der Waals surface area contributed by atoms with Crippen LogP contribution in [0, 0.1) is 18.7 Å². The van der Waals surface area contributed by atoms with E-state index in [1.54, 1.807) is 37.3 Å². The molecule has 3 rings (SSSR count). The van der Waals surface area contributed by atoms with Gasteiger partial charge in [-0.2, -0.15) is 0 Å². The first kappa shape index (κ1) is 31.1. The zero-order chi connectivity index (χ0) is 29.4. The van der Waals surface area contributed by atoms with Gasteiger partial charge < -0.3 is 10.2 Å². The van der Waals surface area contributed by atoms with Gasteiger partial charge in [0, 0.05) is 18.1 Å². The average molecular weight is 588 g/mol. The van der Waals surface area contributed by atoms with Crippen LogP contribution in [-0.2, 0) is 26.2 Å². The Bertz CT molecular complexity index is 1410. The summed E-state index contributed by atoms with van der Waals surface area (Å²) in [5, 5.41) is 3.18. The first-order chi connectivity index (χ1) is 18.9. The van der Waals surface area contributed by atoms with Gasteiger partial charge in [-0.1, -0.05) is 68.3 Å². The Kier molecular flexibility index (Phi) is 10.7. The molecule has 0 aromatic heterocycles. The lowest BCUT2D eigenvalue weighted by Crippen LogP contribution is -2.52. The summed E-state index contributed by atoms with van der Waals surface area (Å²) in [6, 6.07) is 17.3. The summed E-state index contributed by atoms with van der Waals surface area (Å²) in [6.45, 7) is 7.37. The van der Waals surface area contributed by atoms with Crippen LogP contribution in [0.3, 0.4) is 0 Å². The van der Waals surface area contributed by atoms with E-state index in [4.69, 9.17) is 11.6 Å². The molecule has 7 nitrogen and oxygen atoms in total. The van der Waals surface area contributed by atoms with Crippen molar-refractivity contribution in [1.82, 2.24) is 10.2 Å². The lowest BCUT2D eigenvalue weighted by molar-refractivity contribution is -0.140. The molecule has 10 heteroatoms. The topological polar surface area (TPSA) is 86.8 Å². The fraction of sp³-hybridized carbons (Fsp3) is 0.333. The zero-order valence-corrected chi connectivity index (χ0v) is 24.7. The fourth-order valence-electron chi connectivity index (χ4n) is 4.13. The second-order valence-corrected chi connectivity index (χ2v) is 12.3. The van der Waals surface area contributed by atoms with Gasteiger partial charge in [0.1, 0.15) is 18.4 Å². The standard InChI is InChI=1S/C30H35ClFN3O4S/c1-5-28(30(37)33-18-21(2)3)34(19-23-11-13-25(32)14-12-23)29(36)20-35(26-8-6-7-24(31)17-26)40(38,39)27-15-9-22(4)10-16-27/h6-17,21,28H,5,18-20H2,1-4H3,(H,33,37)/t28-/m0/s1. The molecule has 2 amide bonds. The predicted molar refractivity (Wildman–Crippen MR) is 156 cm³/mol. The number of hydrogen-bond donors (Lipinski definition) is 1. The van der Waals surface area contributed by atoms with Crippen LogP contribution in [0.2, 0.25) is 5.02 Å². The molecule has 214 valence electrons. The highest BCUT2D eigenvalue weighted by Crippen LogP contribution is 2.27. The van der Waals surface area contributed by atoms with E-state index in [1.165, 1.54) is 47.4 Å². The lowest BCUT2D eigenvalue weighted by Gasteiger charge is -2.33. The molecule has 3 aromatic rings. The number of rotatable bonds is 12. The molecule has 0 heterocycles. The number of nitrogens with one attached hydrogen (secondary N) is 1. The van der Waals surface area contributed by atoms with Crippen molar-refractivity contribution in [3.8, 4) is 0 Å². The molecule has 0 fully saturated rings. The van der Waals surface area contributed by atoms with Crippen LogP contribution in [0.1, 0.15) is 38.3 Å². The number of anilines is 1. The van der Waals surface area contributed by atoms with Gasteiger partial charge in [-0.05, 0) is 67.3 Å². The monoisotopic (exact) mass is 587 g/mol. The number of halogens is 2. The minimum Gasteiger partial charge on any atom is -0.354 e. The van der Waals surface area contributed by atoms with Crippen molar-refractivity contribution in [2.75, 3.05) is 17.4 Å². The lowest BCUT2D eigenvalue weighted by atomic mass is 10.1. The van der Waals surface area contributed by atoms with Gasteiger partial charge in [0.2, 0.25) is 11.8 Å². The van der Waals surface area contributed by atoms with Crippen molar-refractivity contribution in [3.63, 3.8) is 0 Å². The first-order valence-corrected chi connectivity index (χ1v) is 14.9. The van der Waals surface area contributed by atoms with Gasteiger partial charge in [0.25, 0.3) is 10.0 Å². The summed E-state index contributed by atoms with van der Waals surface area (Å²) in [5.41, 5.74) is 1.69. The van der Waals surface area contributed by atoms with Gasteiger partial charge in [0.05, 0.1) is 10.6 Å². The van der Waals surface area contributed by atoms with E-state index in [1.807, 2.05) is 20.8 Å². The molecular weight excluding hydrogens is 553 g/mol. The number of aryl methyl sites for hydroxylation is 1. The summed E-state index contributed by atoms with van der Waals surface area (Å²) in [7, 11) is -4.19. The molecule has 0 aliphatic heterocycles. The Balaban J connectivity index is 2.04. The summed E-state index contributed by atoms with van der Waals surface area (Å²) in [5.74, 6) is -1.17. The molecule has 0 bridgehead atoms. The van der Waals surface area contributed by atoms with Gasteiger partial charge in [-0.15, -0.1) is 0 Å². The van der Waals surface area contributed by atoms with Crippen LogP contribution in [0.5, 0.6) is 0 Å². The van der Waals surface area contributed by atoms with Crippen LogP contribution in [0.15, 0.2) is 77.7 Å². The fourth-order valence-corrected chi connectivity index (χ4v) is 5.72. The SMILES string of the molecule is CC[C@@H](C(=O)NCC(C)C)N(Cc1ccc(F)cc1)C(=O)CN(c1cccc(Cl)c1)S(=O)(=O)c1ccc(C)cc1.